The Labute approximate surface area is 149 Å². The third kappa shape index (κ3) is 4.53. The Morgan fingerprint density at radius 3 is 2.46 bits per heavy atom. The predicted molar refractivity (Wildman–Crippen MR) is 94.2 cm³/mol. The van der Waals surface area contributed by atoms with Gasteiger partial charge in [-0.05, 0) is 43.7 Å². The molecule has 0 aliphatic heterocycles. The first-order valence-corrected chi connectivity index (χ1v) is 7.93. The number of hydrogen-bond donors (Lipinski definition) is 1. The Morgan fingerprint density at radius 2 is 1.88 bits per heavy atom. The van der Waals surface area contributed by atoms with Gasteiger partial charge in [0, 0.05) is 31.3 Å². The Kier molecular flexibility index (Phi) is 5.86. The number of halogens is 2. The number of amides is 1. The number of nitro groups is 1. The van der Waals surface area contributed by atoms with Crippen molar-refractivity contribution in [1.29, 1.82) is 0 Å². The summed E-state index contributed by atoms with van der Waals surface area (Å²) in [4.78, 5) is 24.4. The molecule has 138 valence electrons. The van der Waals surface area contributed by atoms with E-state index in [9.17, 15) is 23.7 Å². The van der Waals surface area contributed by atoms with E-state index >= 15 is 0 Å². The molecule has 2 aromatic carbocycles. The lowest BCUT2D eigenvalue weighted by atomic mass is 10.1. The van der Waals surface area contributed by atoms with Crippen molar-refractivity contribution in [2.24, 2.45) is 0 Å². The van der Waals surface area contributed by atoms with Crippen LogP contribution in [0.3, 0.4) is 0 Å². The molecule has 0 aliphatic carbocycles. The summed E-state index contributed by atoms with van der Waals surface area (Å²) in [7, 11) is 1.59. The number of anilines is 1. The molecular formula is C18H19F2N3O3. The van der Waals surface area contributed by atoms with Gasteiger partial charge < -0.3 is 10.2 Å². The van der Waals surface area contributed by atoms with Crippen molar-refractivity contribution in [3.8, 4) is 0 Å². The van der Waals surface area contributed by atoms with Crippen LogP contribution >= 0.6 is 0 Å². The zero-order chi connectivity index (χ0) is 19.4. The molecule has 2 rings (SSSR count). The van der Waals surface area contributed by atoms with Crippen LogP contribution in [0.25, 0.3) is 0 Å². The summed E-state index contributed by atoms with van der Waals surface area (Å²) in [5.74, 6) is -2.34. The number of rotatable bonds is 6. The Balaban J connectivity index is 2.30. The van der Waals surface area contributed by atoms with Gasteiger partial charge in [-0.1, -0.05) is 6.07 Å². The van der Waals surface area contributed by atoms with Crippen LogP contribution in [-0.2, 0) is 6.54 Å². The van der Waals surface area contributed by atoms with Crippen LogP contribution in [0.5, 0.6) is 0 Å². The molecule has 6 nitrogen and oxygen atoms in total. The van der Waals surface area contributed by atoms with Gasteiger partial charge >= 0.3 is 0 Å². The summed E-state index contributed by atoms with van der Waals surface area (Å²) in [5.41, 5.74) is 0.657. The zero-order valence-electron chi connectivity index (χ0n) is 14.6. The van der Waals surface area contributed by atoms with Crippen LogP contribution in [0.4, 0.5) is 20.2 Å². The zero-order valence-corrected chi connectivity index (χ0v) is 14.6. The van der Waals surface area contributed by atoms with Crippen molar-refractivity contribution in [1.82, 2.24) is 5.32 Å². The monoisotopic (exact) mass is 363 g/mol. The van der Waals surface area contributed by atoms with Gasteiger partial charge in [0.15, 0.2) is 11.6 Å². The van der Waals surface area contributed by atoms with Crippen LogP contribution in [0, 0.1) is 21.7 Å². The first-order chi connectivity index (χ1) is 12.2. The van der Waals surface area contributed by atoms with E-state index in [1.54, 1.807) is 20.9 Å². The van der Waals surface area contributed by atoms with Crippen LogP contribution in [0.15, 0.2) is 36.4 Å². The van der Waals surface area contributed by atoms with Crippen molar-refractivity contribution in [2.45, 2.75) is 26.4 Å². The number of nitrogens with one attached hydrogen (secondary N) is 1. The first-order valence-electron chi connectivity index (χ1n) is 7.93. The van der Waals surface area contributed by atoms with Gasteiger partial charge in [0.05, 0.1) is 4.92 Å². The summed E-state index contributed by atoms with van der Waals surface area (Å²) < 4.78 is 26.4. The highest BCUT2D eigenvalue weighted by atomic mass is 19.2. The standard InChI is InChI=1S/C18H19F2N3O3/c1-11(2)21-18(24)13-5-7-16(17(9-13)23(25)26)22(3)10-12-4-6-14(19)15(20)8-12/h4-9,11H,10H2,1-3H3,(H,21,24). The predicted octanol–water partition coefficient (Wildman–Crippen LogP) is 3.65. The van der Waals surface area contributed by atoms with Crippen LogP contribution in [0.2, 0.25) is 0 Å². The number of carbonyl (C=O) groups is 1. The second kappa shape index (κ2) is 7.90. The Hall–Kier alpha value is -3.03. The van der Waals surface area contributed by atoms with E-state index in [2.05, 4.69) is 5.32 Å². The van der Waals surface area contributed by atoms with Crippen molar-refractivity contribution >= 4 is 17.3 Å². The first kappa shape index (κ1) is 19.3. The average Bonchev–Trinajstić information content (AvgIpc) is 2.57. The molecule has 0 spiro atoms. The normalized spacial score (nSPS) is 10.7. The highest BCUT2D eigenvalue weighted by molar-refractivity contribution is 5.95. The van der Waals surface area contributed by atoms with Crippen LogP contribution in [-0.4, -0.2) is 23.9 Å². The summed E-state index contributed by atoms with van der Waals surface area (Å²) >= 11 is 0. The molecule has 2 aromatic rings. The summed E-state index contributed by atoms with van der Waals surface area (Å²) in [5, 5.41) is 14.1. The number of benzene rings is 2. The van der Waals surface area contributed by atoms with Crippen LogP contribution < -0.4 is 10.2 Å². The van der Waals surface area contributed by atoms with E-state index in [1.165, 1.54) is 29.2 Å². The largest absolute Gasteiger partial charge is 0.365 e. The number of carbonyl (C=O) groups excluding carboxylic acids is 1. The molecule has 1 N–H and O–H groups in total. The Bertz CT molecular complexity index is 840. The molecule has 0 saturated carbocycles. The van der Waals surface area contributed by atoms with Crippen molar-refractivity contribution < 1.29 is 18.5 Å². The summed E-state index contributed by atoms with van der Waals surface area (Å²) in [6, 6.07) is 7.51. The molecular weight excluding hydrogens is 344 g/mol. The van der Waals surface area contributed by atoms with E-state index in [0.717, 1.165) is 12.1 Å². The summed E-state index contributed by atoms with van der Waals surface area (Å²) in [6.45, 7) is 3.71. The van der Waals surface area contributed by atoms with Gasteiger partial charge in [-0.3, -0.25) is 14.9 Å². The molecule has 8 heteroatoms. The highest BCUT2D eigenvalue weighted by Gasteiger charge is 2.21. The van der Waals surface area contributed by atoms with Crippen molar-refractivity contribution in [3.05, 3.63) is 69.3 Å². The third-order valence-electron chi connectivity index (χ3n) is 3.67. The van der Waals surface area contributed by atoms with E-state index in [0.29, 0.717) is 5.56 Å². The molecule has 0 aromatic heterocycles. The minimum atomic E-state index is -0.980. The van der Waals surface area contributed by atoms with Gasteiger partial charge in [-0.15, -0.1) is 0 Å². The molecule has 0 heterocycles. The van der Waals surface area contributed by atoms with Gasteiger partial charge in [-0.2, -0.15) is 0 Å². The van der Waals surface area contributed by atoms with E-state index in [-0.39, 0.29) is 29.5 Å². The quantitative estimate of drug-likeness (QED) is 0.628. The lowest BCUT2D eigenvalue weighted by molar-refractivity contribution is -0.384. The number of nitrogens with zero attached hydrogens (tertiary/aromatic N) is 2. The van der Waals surface area contributed by atoms with E-state index in [4.69, 9.17) is 0 Å². The number of nitro benzene ring substituents is 1. The summed E-state index contributed by atoms with van der Waals surface area (Å²) in [6.07, 6.45) is 0. The fraction of sp³-hybridized carbons (Fsp3) is 0.278. The highest BCUT2D eigenvalue weighted by Crippen LogP contribution is 2.29. The minimum absolute atomic E-state index is 0.0997. The van der Waals surface area contributed by atoms with E-state index < -0.39 is 22.5 Å². The maximum atomic E-state index is 13.3. The van der Waals surface area contributed by atoms with Crippen LogP contribution in [0.1, 0.15) is 29.8 Å². The van der Waals surface area contributed by atoms with Gasteiger partial charge in [0.2, 0.25) is 0 Å². The average molecular weight is 363 g/mol. The second-order valence-electron chi connectivity index (χ2n) is 6.19. The molecule has 0 unspecified atom stereocenters. The molecule has 0 atom stereocenters. The van der Waals surface area contributed by atoms with Gasteiger partial charge in [0.25, 0.3) is 11.6 Å². The minimum Gasteiger partial charge on any atom is -0.365 e. The lowest BCUT2D eigenvalue weighted by Crippen LogP contribution is -2.30. The SMILES string of the molecule is CC(C)NC(=O)c1ccc(N(C)Cc2ccc(F)c(F)c2)c([N+](=O)[O-])c1. The maximum Gasteiger partial charge on any atom is 0.293 e. The van der Waals surface area contributed by atoms with E-state index in [1.807, 2.05) is 0 Å². The topological polar surface area (TPSA) is 75.5 Å². The Morgan fingerprint density at radius 1 is 1.19 bits per heavy atom. The third-order valence-corrected chi connectivity index (χ3v) is 3.67. The van der Waals surface area contributed by atoms with Crippen molar-refractivity contribution in [2.75, 3.05) is 11.9 Å². The fourth-order valence-electron chi connectivity index (χ4n) is 2.48. The molecule has 0 bridgehead atoms. The lowest BCUT2D eigenvalue weighted by Gasteiger charge is -2.20. The fourth-order valence-corrected chi connectivity index (χ4v) is 2.48. The van der Waals surface area contributed by atoms with Crippen molar-refractivity contribution in [3.63, 3.8) is 0 Å². The molecule has 0 saturated heterocycles. The molecule has 26 heavy (non-hydrogen) atoms. The second-order valence-corrected chi connectivity index (χ2v) is 6.19. The molecule has 0 radical (unpaired) electrons. The van der Waals surface area contributed by atoms with Gasteiger partial charge in [0.1, 0.15) is 5.69 Å². The van der Waals surface area contributed by atoms with Gasteiger partial charge in [-0.25, -0.2) is 8.78 Å². The maximum absolute atomic E-state index is 13.3. The molecule has 1 amide bonds. The molecule has 0 fully saturated rings. The smallest absolute Gasteiger partial charge is 0.293 e. The molecule has 0 aliphatic rings. The number of hydrogen-bond acceptors (Lipinski definition) is 4.